The van der Waals surface area contributed by atoms with Gasteiger partial charge in [0.25, 0.3) is 0 Å². The lowest BCUT2D eigenvalue weighted by Gasteiger charge is -2.39. The van der Waals surface area contributed by atoms with Crippen LogP contribution in [0.4, 0.5) is 0 Å². The second-order valence-corrected chi connectivity index (χ2v) is 7.94. The maximum atomic E-state index is 13.6. The van der Waals surface area contributed by atoms with Crippen LogP contribution in [0.1, 0.15) is 37.2 Å². The van der Waals surface area contributed by atoms with E-state index in [-0.39, 0.29) is 5.91 Å². The van der Waals surface area contributed by atoms with Crippen LogP contribution in [-0.2, 0) is 4.79 Å². The van der Waals surface area contributed by atoms with Crippen LogP contribution in [0.2, 0.25) is 0 Å². The molecule has 1 aliphatic heterocycles. The summed E-state index contributed by atoms with van der Waals surface area (Å²) in [7, 11) is 2.09. The summed E-state index contributed by atoms with van der Waals surface area (Å²) in [6.45, 7) is 3.28. The van der Waals surface area contributed by atoms with Crippen LogP contribution in [0.3, 0.4) is 0 Å². The number of hydrogen-bond donors (Lipinski definition) is 1. The lowest BCUT2D eigenvalue weighted by molar-refractivity contribution is -0.141. The van der Waals surface area contributed by atoms with Crippen molar-refractivity contribution >= 4 is 16.7 Å². The summed E-state index contributed by atoms with van der Waals surface area (Å²) in [6.07, 6.45) is 3.41. The molecule has 1 atom stereocenters. The average Bonchev–Trinajstić information content (AvgIpc) is 3.10. The van der Waals surface area contributed by atoms with Gasteiger partial charge in [-0.05, 0) is 36.2 Å². The molecule has 2 aromatic rings. The molecule has 1 saturated carbocycles. The maximum absolute atomic E-state index is 13.6. The summed E-state index contributed by atoms with van der Waals surface area (Å²) < 4.78 is 0. The fourth-order valence-electron chi connectivity index (χ4n) is 4.64. The molecule has 0 aromatic heterocycles. The molecule has 4 rings (SSSR count). The number of carbonyl (C=O) groups is 1. The number of rotatable bonds is 3. The number of amides is 1. The molecule has 1 amide bonds. The van der Waals surface area contributed by atoms with E-state index in [0.29, 0.717) is 12.8 Å². The highest BCUT2D eigenvalue weighted by molar-refractivity contribution is 5.94. The van der Waals surface area contributed by atoms with Gasteiger partial charge in [-0.3, -0.25) is 4.79 Å². The molecule has 2 aliphatic rings. The Morgan fingerprint density at radius 3 is 2.38 bits per heavy atom. The molecule has 1 unspecified atom stereocenters. The molecule has 1 heterocycles. The third kappa shape index (κ3) is 3.12. The number of likely N-dealkylation sites (N-methyl/N-ethyl adjacent to an activating group) is 1. The van der Waals surface area contributed by atoms with E-state index in [9.17, 15) is 9.90 Å². The number of piperazine rings is 1. The first-order chi connectivity index (χ1) is 12.6. The fourth-order valence-corrected chi connectivity index (χ4v) is 4.64. The van der Waals surface area contributed by atoms with E-state index in [1.165, 1.54) is 0 Å². The zero-order valence-corrected chi connectivity index (χ0v) is 15.5. The molecule has 1 N–H and O–H groups in total. The molecule has 4 nitrogen and oxygen atoms in total. The van der Waals surface area contributed by atoms with Gasteiger partial charge in [-0.1, -0.05) is 55.3 Å². The van der Waals surface area contributed by atoms with Gasteiger partial charge in [0, 0.05) is 26.2 Å². The normalized spacial score (nSPS) is 21.8. The topological polar surface area (TPSA) is 43.8 Å². The Morgan fingerprint density at radius 1 is 1.00 bits per heavy atom. The summed E-state index contributed by atoms with van der Waals surface area (Å²) in [4.78, 5) is 17.8. The quantitative estimate of drug-likeness (QED) is 0.923. The summed E-state index contributed by atoms with van der Waals surface area (Å²) in [5.74, 6) is -0.377. The van der Waals surface area contributed by atoms with E-state index in [1.807, 2.05) is 29.2 Å². The van der Waals surface area contributed by atoms with E-state index in [0.717, 1.165) is 55.4 Å². The highest BCUT2D eigenvalue weighted by Gasteiger charge is 2.46. The molecular weight excluding hydrogens is 324 g/mol. The van der Waals surface area contributed by atoms with Crippen LogP contribution in [0, 0.1) is 0 Å². The van der Waals surface area contributed by atoms with Crippen LogP contribution in [-0.4, -0.2) is 59.6 Å². The van der Waals surface area contributed by atoms with Crippen molar-refractivity contribution in [3.05, 3.63) is 48.0 Å². The van der Waals surface area contributed by atoms with E-state index >= 15 is 0 Å². The third-order valence-electron chi connectivity index (χ3n) is 6.20. The SMILES string of the molecule is CN1CCN(C(=O)C(c2cccc3ccccc23)C2(O)CCCC2)CC1. The number of benzene rings is 2. The standard InChI is InChI=1S/C22H28N2O2/c1-23-13-15-24(16-14-23)21(25)20(22(26)11-4-5-12-22)19-10-6-8-17-7-2-3-9-18(17)19/h2-3,6-10,20,26H,4-5,11-16H2,1H3. The summed E-state index contributed by atoms with van der Waals surface area (Å²) >= 11 is 0. The Bertz CT molecular complexity index is 784. The van der Waals surface area contributed by atoms with Crippen molar-refractivity contribution in [1.82, 2.24) is 9.80 Å². The van der Waals surface area contributed by atoms with Gasteiger partial charge < -0.3 is 14.9 Å². The van der Waals surface area contributed by atoms with Gasteiger partial charge in [-0.15, -0.1) is 0 Å². The summed E-state index contributed by atoms with van der Waals surface area (Å²) in [5, 5.41) is 13.7. The minimum absolute atomic E-state index is 0.0962. The first-order valence-electron chi connectivity index (χ1n) is 9.76. The first kappa shape index (κ1) is 17.5. The molecule has 0 bridgehead atoms. The number of fused-ring (bicyclic) bond motifs is 1. The largest absolute Gasteiger partial charge is 0.389 e. The Labute approximate surface area is 155 Å². The van der Waals surface area contributed by atoms with Crippen LogP contribution in [0.5, 0.6) is 0 Å². The van der Waals surface area contributed by atoms with Gasteiger partial charge in [0.05, 0.1) is 11.5 Å². The maximum Gasteiger partial charge on any atom is 0.233 e. The van der Waals surface area contributed by atoms with Gasteiger partial charge in [-0.2, -0.15) is 0 Å². The van der Waals surface area contributed by atoms with Crippen molar-refractivity contribution in [3.8, 4) is 0 Å². The number of carbonyl (C=O) groups excluding carboxylic acids is 1. The molecule has 2 aromatic carbocycles. The monoisotopic (exact) mass is 352 g/mol. The minimum Gasteiger partial charge on any atom is -0.389 e. The number of hydrogen-bond acceptors (Lipinski definition) is 3. The highest BCUT2D eigenvalue weighted by atomic mass is 16.3. The van der Waals surface area contributed by atoms with Gasteiger partial charge in [-0.25, -0.2) is 0 Å². The third-order valence-corrected chi connectivity index (χ3v) is 6.20. The Hall–Kier alpha value is -1.91. The molecular formula is C22H28N2O2. The molecule has 0 radical (unpaired) electrons. The molecule has 0 spiro atoms. The van der Waals surface area contributed by atoms with Crippen molar-refractivity contribution < 1.29 is 9.90 Å². The lowest BCUT2D eigenvalue weighted by Crippen LogP contribution is -2.52. The van der Waals surface area contributed by atoms with Crippen molar-refractivity contribution in [1.29, 1.82) is 0 Å². The van der Waals surface area contributed by atoms with E-state index in [1.54, 1.807) is 0 Å². The molecule has 1 aliphatic carbocycles. The van der Waals surface area contributed by atoms with Crippen molar-refractivity contribution in [2.75, 3.05) is 33.2 Å². The predicted octanol–water partition coefficient (Wildman–Crippen LogP) is 3.00. The Kier molecular flexibility index (Phi) is 4.72. The van der Waals surface area contributed by atoms with Crippen LogP contribution >= 0.6 is 0 Å². The van der Waals surface area contributed by atoms with Crippen LogP contribution in [0.25, 0.3) is 10.8 Å². The van der Waals surface area contributed by atoms with Crippen LogP contribution in [0.15, 0.2) is 42.5 Å². The lowest BCUT2D eigenvalue weighted by atomic mass is 9.78. The van der Waals surface area contributed by atoms with Crippen LogP contribution < -0.4 is 0 Å². The van der Waals surface area contributed by atoms with E-state index < -0.39 is 11.5 Å². The molecule has 2 fully saturated rings. The molecule has 1 saturated heterocycles. The number of aliphatic hydroxyl groups is 1. The molecule has 26 heavy (non-hydrogen) atoms. The zero-order valence-electron chi connectivity index (χ0n) is 15.5. The van der Waals surface area contributed by atoms with E-state index in [2.05, 4.69) is 30.1 Å². The van der Waals surface area contributed by atoms with Crippen molar-refractivity contribution in [3.63, 3.8) is 0 Å². The fraction of sp³-hybridized carbons (Fsp3) is 0.500. The van der Waals surface area contributed by atoms with E-state index in [4.69, 9.17) is 0 Å². The Morgan fingerprint density at radius 2 is 1.65 bits per heavy atom. The molecule has 4 heteroatoms. The minimum atomic E-state index is -0.926. The Balaban J connectivity index is 1.77. The second kappa shape index (κ2) is 7.01. The van der Waals surface area contributed by atoms with Gasteiger partial charge in [0.2, 0.25) is 5.91 Å². The smallest absolute Gasteiger partial charge is 0.233 e. The first-order valence-corrected chi connectivity index (χ1v) is 9.76. The van der Waals surface area contributed by atoms with Crippen molar-refractivity contribution in [2.45, 2.75) is 37.2 Å². The van der Waals surface area contributed by atoms with Gasteiger partial charge >= 0.3 is 0 Å². The summed E-state index contributed by atoms with van der Waals surface area (Å²) in [6, 6.07) is 14.3. The number of nitrogens with zero attached hydrogens (tertiary/aromatic N) is 2. The van der Waals surface area contributed by atoms with Gasteiger partial charge in [0.1, 0.15) is 0 Å². The highest BCUT2D eigenvalue weighted by Crippen LogP contribution is 2.44. The average molecular weight is 352 g/mol. The van der Waals surface area contributed by atoms with Gasteiger partial charge in [0.15, 0.2) is 0 Å². The predicted molar refractivity (Wildman–Crippen MR) is 104 cm³/mol. The zero-order chi connectivity index (χ0) is 18.1. The van der Waals surface area contributed by atoms with Crippen molar-refractivity contribution in [2.24, 2.45) is 0 Å². The summed E-state index contributed by atoms with van der Waals surface area (Å²) in [5.41, 5.74) is 0.0568. The second-order valence-electron chi connectivity index (χ2n) is 7.94. The molecule has 138 valence electrons.